The predicted molar refractivity (Wildman–Crippen MR) is 98.3 cm³/mol. The third-order valence-corrected chi connectivity index (χ3v) is 4.60. The number of carbonyl (C=O) groups is 2. The molecule has 0 aromatic heterocycles. The third-order valence-electron chi connectivity index (χ3n) is 4.60. The normalized spacial score (nSPS) is 28.8. The first-order chi connectivity index (χ1) is 12.5. The largest absolute Gasteiger partial charge is 0.478 e. The molecule has 2 aliphatic heterocycles. The van der Waals surface area contributed by atoms with Gasteiger partial charge in [0.2, 0.25) is 5.79 Å². The molecule has 6 nitrogen and oxygen atoms in total. The van der Waals surface area contributed by atoms with Gasteiger partial charge in [-0.15, -0.1) is 0 Å². The van der Waals surface area contributed by atoms with Crippen molar-refractivity contribution in [2.75, 3.05) is 7.11 Å². The fraction of sp³-hybridized carbons (Fsp3) is 0.500. The zero-order chi connectivity index (χ0) is 20.8. The van der Waals surface area contributed by atoms with E-state index in [9.17, 15) is 19.2 Å². The van der Waals surface area contributed by atoms with Crippen LogP contribution in [0.2, 0.25) is 0 Å². The molecular weight excluding hydrogens is 355 g/mol. The molecule has 0 radical (unpaired) electrons. The van der Waals surface area contributed by atoms with E-state index in [0.717, 1.165) is 24.0 Å². The summed E-state index contributed by atoms with van der Waals surface area (Å²) in [6.07, 6.45) is 6.10. The summed E-state index contributed by atoms with van der Waals surface area (Å²) in [5.74, 6) is -2.80. The minimum absolute atomic E-state index is 0.0579. The molecule has 1 N–H and O–H groups in total. The van der Waals surface area contributed by atoms with Gasteiger partial charge < -0.3 is 14.6 Å². The third kappa shape index (κ3) is 6.15. The van der Waals surface area contributed by atoms with Crippen molar-refractivity contribution in [2.45, 2.75) is 51.9 Å². The van der Waals surface area contributed by atoms with Crippen LogP contribution in [0, 0.1) is 5.92 Å². The van der Waals surface area contributed by atoms with E-state index in [1.807, 2.05) is 26.0 Å². The summed E-state index contributed by atoms with van der Waals surface area (Å²) < 4.78 is 22.3. The summed E-state index contributed by atoms with van der Waals surface area (Å²) in [4.78, 5) is 23.8. The SMILES string of the molecule is C=C(C(=O)O)C1CC/C(C)=C\C2(OC)C=C(C)C(C1)O2.C=C(C)C(=O)OF. The van der Waals surface area contributed by atoms with E-state index in [1.54, 1.807) is 7.11 Å². The van der Waals surface area contributed by atoms with Crippen molar-refractivity contribution in [1.29, 1.82) is 0 Å². The Morgan fingerprint density at radius 3 is 2.41 bits per heavy atom. The Bertz CT molecular complexity index is 678. The van der Waals surface area contributed by atoms with Crippen LogP contribution in [-0.4, -0.2) is 36.0 Å². The van der Waals surface area contributed by atoms with Crippen molar-refractivity contribution in [3.63, 3.8) is 0 Å². The zero-order valence-corrected chi connectivity index (χ0v) is 16.2. The molecule has 150 valence electrons. The highest BCUT2D eigenvalue weighted by atomic mass is 19.3. The number of hydrogen-bond acceptors (Lipinski definition) is 5. The molecule has 0 spiro atoms. The molecule has 0 saturated heterocycles. The molecule has 0 aliphatic carbocycles. The van der Waals surface area contributed by atoms with E-state index in [4.69, 9.17) is 9.47 Å². The Balaban J connectivity index is 0.000000445. The number of carbonyl (C=O) groups excluding carboxylic acids is 1. The molecule has 3 atom stereocenters. The number of halogens is 1. The van der Waals surface area contributed by atoms with Crippen molar-refractivity contribution in [2.24, 2.45) is 5.92 Å². The number of carboxylic acids is 1. The van der Waals surface area contributed by atoms with Crippen LogP contribution in [0.25, 0.3) is 0 Å². The molecule has 2 rings (SSSR count). The molecule has 0 fully saturated rings. The van der Waals surface area contributed by atoms with E-state index < -0.39 is 17.7 Å². The van der Waals surface area contributed by atoms with Crippen LogP contribution in [0.4, 0.5) is 4.53 Å². The molecule has 27 heavy (non-hydrogen) atoms. The van der Waals surface area contributed by atoms with Crippen molar-refractivity contribution in [1.82, 2.24) is 0 Å². The van der Waals surface area contributed by atoms with Gasteiger partial charge in [0.15, 0.2) is 0 Å². The second-order valence-corrected chi connectivity index (χ2v) is 6.86. The summed E-state index contributed by atoms with van der Waals surface area (Å²) >= 11 is 0. The average molecular weight is 382 g/mol. The van der Waals surface area contributed by atoms with Crippen molar-refractivity contribution >= 4 is 11.9 Å². The van der Waals surface area contributed by atoms with Gasteiger partial charge in [-0.1, -0.05) is 18.7 Å². The van der Waals surface area contributed by atoms with Crippen LogP contribution >= 0.6 is 0 Å². The van der Waals surface area contributed by atoms with Gasteiger partial charge in [0, 0.05) is 22.8 Å². The van der Waals surface area contributed by atoms with Gasteiger partial charge >= 0.3 is 11.9 Å². The zero-order valence-electron chi connectivity index (χ0n) is 16.2. The molecule has 0 amide bonds. The van der Waals surface area contributed by atoms with Gasteiger partial charge in [-0.2, -0.15) is 0 Å². The summed E-state index contributed by atoms with van der Waals surface area (Å²) in [5.41, 5.74) is 2.55. The number of methoxy groups -OCH3 is 1. The predicted octanol–water partition coefficient (Wildman–Crippen LogP) is 4.05. The molecular formula is C20H27FO6. The number of fused-ring (bicyclic) bond motifs is 2. The summed E-state index contributed by atoms with van der Waals surface area (Å²) in [5, 5.41) is 9.17. The molecule has 0 aromatic carbocycles. The van der Waals surface area contributed by atoms with Gasteiger partial charge in [-0.3, -0.25) is 0 Å². The number of ether oxygens (including phenoxy) is 2. The van der Waals surface area contributed by atoms with Crippen LogP contribution in [0.5, 0.6) is 0 Å². The second kappa shape index (κ2) is 9.62. The average Bonchev–Trinajstić information content (AvgIpc) is 2.95. The van der Waals surface area contributed by atoms with Gasteiger partial charge in [0.1, 0.15) is 0 Å². The van der Waals surface area contributed by atoms with E-state index >= 15 is 0 Å². The Morgan fingerprint density at radius 2 is 1.96 bits per heavy atom. The Hall–Kier alpha value is -2.25. The minimum atomic E-state index is -1.01. The van der Waals surface area contributed by atoms with Crippen molar-refractivity contribution in [3.05, 3.63) is 47.6 Å². The highest BCUT2D eigenvalue weighted by Crippen LogP contribution is 2.39. The number of rotatable bonds is 4. The fourth-order valence-electron chi connectivity index (χ4n) is 2.99. The number of allylic oxidation sites excluding steroid dienone is 1. The monoisotopic (exact) mass is 382 g/mol. The lowest BCUT2D eigenvalue weighted by molar-refractivity contribution is -0.178. The molecule has 2 bridgehead atoms. The van der Waals surface area contributed by atoms with Crippen molar-refractivity contribution in [3.8, 4) is 0 Å². The molecule has 2 heterocycles. The molecule has 0 aromatic rings. The number of hydrogen-bond donors (Lipinski definition) is 1. The van der Waals surface area contributed by atoms with Crippen LogP contribution < -0.4 is 0 Å². The van der Waals surface area contributed by atoms with E-state index in [2.05, 4.69) is 18.1 Å². The topological polar surface area (TPSA) is 82.1 Å². The number of carboxylic acid groups (broad SMARTS) is 1. The maximum absolute atomic E-state index is 11.2. The minimum Gasteiger partial charge on any atom is -0.478 e. The van der Waals surface area contributed by atoms with Crippen LogP contribution in [0.3, 0.4) is 0 Å². The number of aliphatic carboxylic acids is 1. The van der Waals surface area contributed by atoms with Crippen LogP contribution in [-0.2, 0) is 24.0 Å². The summed E-state index contributed by atoms with van der Waals surface area (Å²) in [6.45, 7) is 12.2. The maximum Gasteiger partial charge on any atom is 0.374 e. The lowest BCUT2D eigenvalue weighted by Gasteiger charge is -2.25. The maximum atomic E-state index is 11.2. The Kier molecular flexibility index (Phi) is 8.12. The van der Waals surface area contributed by atoms with Crippen LogP contribution in [0.15, 0.2) is 47.6 Å². The summed E-state index contributed by atoms with van der Waals surface area (Å²) in [7, 11) is 1.63. The van der Waals surface area contributed by atoms with Crippen molar-refractivity contribution < 1.29 is 33.6 Å². The van der Waals surface area contributed by atoms with Gasteiger partial charge in [-0.25, -0.2) is 14.5 Å². The first-order valence-electron chi connectivity index (χ1n) is 8.56. The van der Waals surface area contributed by atoms with Gasteiger partial charge in [-0.05, 0) is 63.7 Å². The second-order valence-electron chi connectivity index (χ2n) is 6.86. The highest BCUT2D eigenvalue weighted by molar-refractivity contribution is 5.86. The first kappa shape index (κ1) is 22.8. The smallest absolute Gasteiger partial charge is 0.374 e. The van der Waals surface area contributed by atoms with E-state index in [-0.39, 0.29) is 23.2 Å². The van der Waals surface area contributed by atoms with E-state index in [1.165, 1.54) is 6.92 Å². The molecule has 2 aliphatic rings. The Labute approximate surface area is 158 Å². The summed E-state index contributed by atoms with van der Waals surface area (Å²) in [6, 6.07) is 0. The lowest BCUT2D eigenvalue weighted by Crippen LogP contribution is -2.30. The first-order valence-corrected chi connectivity index (χ1v) is 8.56. The Morgan fingerprint density at radius 1 is 1.33 bits per heavy atom. The van der Waals surface area contributed by atoms with Gasteiger partial charge in [0.25, 0.3) is 0 Å². The highest BCUT2D eigenvalue weighted by Gasteiger charge is 2.39. The standard InChI is InChI=1S/C16H22O4.C4H5FO2/c1-10-5-6-13(12(3)15(17)18)7-14-11(2)9-16(8-10,19-4)20-14;1-3(2)4(6)7-5/h8-9,13-14H,3,5-7H2,1-2,4H3,(H,17,18);1H2,2H3/b10-8-;. The fourth-order valence-corrected chi connectivity index (χ4v) is 2.99. The quantitative estimate of drug-likeness (QED) is 0.583. The molecule has 7 heteroatoms. The lowest BCUT2D eigenvalue weighted by atomic mass is 9.86. The van der Waals surface area contributed by atoms with E-state index in [0.29, 0.717) is 6.42 Å². The van der Waals surface area contributed by atoms with Gasteiger partial charge in [0.05, 0.1) is 6.10 Å². The molecule has 0 saturated carbocycles. The van der Waals surface area contributed by atoms with Crippen LogP contribution in [0.1, 0.15) is 40.0 Å². The molecule has 3 unspecified atom stereocenters.